The fourth-order valence-corrected chi connectivity index (χ4v) is 10.3. The number of thioether (sulfide) groups is 1. The summed E-state index contributed by atoms with van der Waals surface area (Å²) >= 11 is 1.57. The van der Waals surface area contributed by atoms with Crippen molar-refractivity contribution in [2.45, 2.75) is 37.2 Å². The van der Waals surface area contributed by atoms with Crippen LogP contribution < -0.4 is 45.7 Å². The van der Waals surface area contributed by atoms with Gasteiger partial charge in [-0.25, -0.2) is 4.58 Å². The van der Waals surface area contributed by atoms with Gasteiger partial charge in [-0.2, -0.15) is 13.0 Å². The molecule has 6 N–H and O–H groups in total. The number of carbonyl (C=O) groups is 5. The average molecular weight is 1160 g/mol. The molecule has 0 saturated heterocycles. The molecule has 22 heteroatoms. The summed E-state index contributed by atoms with van der Waals surface area (Å²) in [6.07, 6.45) is 12.3. The Morgan fingerprint density at radius 2 is 1.32 bits per heavy atom. The zero-order chi connectivity index (χ0) is 58.4. The maximum atomic E-state index is 12.8. The first-order valence-corrected chi connectivity index (χ1v) is 29.2. The first-order valence-electron chi connectivity index (χ1n) is 26.8. The molecular weight excluding hydrogens is 1090 g/mol. The van der Waals surface area contributed by atoms with E-state index in [1.807, 2.05) is 129 Å². The van der Waals surface area contributed by atoms with Crippen LogP contribution in [0.2, 0.25) is 0 Å². The molecule has 0 unspecified atom stereocenters. The standard InChI is InChI=1S/C60H69N9O11S2/c1-66(2)47-20-14-43(15-21-47)60(44-16-22-48(23-17-44)67(3)4)45-18-24-49(25-19-45)80-40-58(74)64-41-63-55(71)28-34-79-35-29-61-54(70)27-33-78-36-30-62-56(72)39-57(73)65-42-68-32-26-46(50-10-5-6-11-51(50)68)38-59-69(31-9-37-82(75,76)77)52-12-7-8-13-53(52)81-59/h5-8,10-26,32,38H,9,27-31,33-37,39-42H2,1-4H3,(H4-2,61,62,63,64,65,70,71,72,73,74,75,76,77)/p+2. The molecular formula is C60H71N9O11S2+2. The molecule has 82 heavy (non-hydrogen) atoms. The number of para-hydroxylation sites is 2. The monoisotopic (exact) mass is 1160 g/mol. The lowest BCUT2D eigenvalue weighted by atomic mass is 9.90. The smallest absolute Gasteiger partial charge is 0.264 e. The number of ether oxygens (including phenoxy) is 3. The highest BCUT2D eigenvalue weighted by molar-refractivity contribution is 8.03. The SMILES string of the molecule is CN(C)c1ccc(C(=C2C=CC(=[N+](C)C)C=C2)c2ccc(OCC(=O)NCNC(=O)CCOCCNC(=O)CCOCCNC(=O)CC(=O)NC[n+]3ccc(/C=C4\Sc5ccccc5N4CCCS(=O)(=O)O)c4ccccc43)cc2)cc1. The molecule has 1 aliphatic heterocycles. The van der Waals surface area contributed by atoms with E-state index in [-0.39, 0.29) is 96.3 Å². The number of benzene rings is 4. The van der Waals surface area contributed by atoms with Crippen LogP contribution in [0.25, 0.3) is 22.6 Å². The summed E-state index contributed by atoms with van der Waals surface area (Å²) in [5.74, 6) is -1.76. The number of pyridine rings is 1. The lowest BCUT2D eigenvalue weighted by Crippen LogP contribution is -2.45. The largest absolute Gasteiger partial charge is 0.484 e. The molecule has 0 radical (unpaired) electrons. The number of carbonyl (C=O) groups excluding carboxylic acids is 5. The number of fused-ring (bicyclic) bond motifs is 2. The fraction of sp³-hybridized carbons (Fsp3) is 0.317. The Hall–Kier alpha value is -8.15. The Labute approximate surface area is 482 Å². The van der Waals surface area contributed by atoms with E-state index in [0.29, 0.717) is 12.3 Å². The van der Waals surface area contributed by atoms with Gasteiger partial charge in [0.25, 0.3) is 16.0 Å². The summed E-state index contributed by atoms with van der Waals surface area (Å²) < 4.78 is 52.8. The lowest BCUT2D eigenvalue weighted by Gasteiger charge is -2.20. The topological polar surface area (TPSA) is 241 Å². The van der Waals surface area contributed by atoms with Crippen molar-refractivity contribution < 1.29 is 60.3 Å². The van der Waals surface area contributed by atoms with Gasteiger partial charge in [-0.05, 0) is 95.0 Å². The van der Waals surface area contributed by atoms with Crippen molar-refractivity contribution in [3.63, 3.8) is 0 Å². The van der Waals surface area contributed by atoms with Crippen molar-refractivity contribution in [1.29, 1.82) is 0 Å². The lowest BCUT2D eigenvalue weighted by molar-refractivity contribution is -0.674. The van der Waals surface area contributed by atoms with E-state index in [9.17, 15) is 36.9 Å². The van der Waals surface area contributed by atoms with Gasteiger partial charge in [-0.1, -0.05) is 60.3 Å². The van der Waals surface area contributed by atoms with E-state index in [4.69, 9.17) is 14.2 Å². The normalized spacial score (nSPS) is 13.2. The van der Waals surface area contributed by atoms with Crippen LogP contribution in [-0.2, 0) is 50.2 Å². The van der Waals surface area contributed by atoms with Gasteiger partial charge in [-0.15, -0.1) is 0 Å². The van der Waals surface area contributed by atoms with Crippen molar-refractivity contribution >= 4 is 91.1 Å². The molecule has 4 aromatic carbocycles. The third kappa shape index (κ3) is 19.0. The Morgan fingerprint density at radius 3 is 1.99 bits per heavy atom. The summed E-state index contributed by atoms with van der Waals surface area (Å²) in [4.78, 5) is 67.5. The number of hydrogen-bond acceptors (Lipinski definition) is 13. The number of nitrogens with zero attached hydrogens (tertiary/aromatic N) is 4. The first kappa shape index (κ1) is 61.5. The number of rotatable bonds is 29. The van der Waals surface area contributed by atoms with Gasteiger partial charge in [0.15, 0.2) is 18.5 Å². The molecule has 0 bridgehead atoms. The van der Waals surface area contributed by atoms with Crippen LogP contribution in [0, 0.1) is 0 Å². The number of allylic oxidation sites excluding steroid dienone is 5. The Balaban J connectivity index is 0.707. The van der Waals surface area contributed by atoms with Crippen LogP contribution in [0.5, 0.6) is 5.75 Å². The zero-order valence-corrected chi connectivity index (χ0v) is 48.2. The van der Waals surface area contributed by atoms with Gasteiger partial charge in [-0.3, -0.25) is 28.5 Å². The Morgan fingerprint density at radius 1 is 0.707 bits per heavy atom. The summed E-state index contributed by atoms with van der Waals surface area (Å²) in [5, 5.41) is 15.2. The highest BCUT2D eigenvalue weighted by Crippen LogP contribution is 2.47. The predicted molar refractivity (Wildman–Crippen MR) is 318 cm³/mol. The number of aromatic nitrogens is 1. The molecule has 2 heterocycles. The van der Waals surface area contributed by atoms with E-state index in [1.165, 1.54) is 0 Å². The number of amides is 5. The summed E-state index contributed by atoms with van der Waals surface area (Å²) in [6, 6.07) is 33.5. The first-order chi connectivity index (χ1) is 39.5. The summed E-state index contributed by atoms with van der Waals surface area (Å²) in [6.45, 7) is 1.11. The summed E-state index contributed by atoms with van der Waals surface area (Å²) in [7, 11) is 3.94. The van der Waals surface area contributed by atoms with Crippen molar-refractivity contribution in [2.75, 3.05) is 103 Å². The molecule has 0 atom stereocenters. The molecule has 7 rings (SSSR count). The summed E-state index contributed by atoms with van der Waals surface area (Å²) in [5.41, 5.74) is 9.10. The number of anilines is 2. The molecule has 0 saturated carbocycles. The molecule has 20 nitrogen and oxygen atoms in total. The van der Waals surface area contributed by atoms with Crippen LogP contribution >= 0.6 is 11.8 Å². The van der Waals surface area contributed by atoms with Crippen LogP contribution in [0.3, 0.4) is 0 Å². The number of nitrogens with one attached hydrogen (secondary N) is 5. The van der Waals surface area contributed by atoms with Crippen LogP contribution in [-0.4, -0.2) is 146 Å². The number of hydrogen-bond donors (Lipinski definition) is 6. The van der Waals surface area contributed by atoms with Crippen LogP contribution in [0.1, 0.15) is 42.4 Å². The quantitative estimate of drug-likeness (QED) is 0.0124. The Bertz CT molecular complexity index is 3340. The van der Waals surface area contributed by atoms with Crippen LogP contribution in [0.4, 0.5) is 11.4 Å². The van der Waals surface area contributed by atoms with E-state index in [2.05, 4.69) is 84.6 Å². The van der Waals surface area contributed by atoms with Gasteiger partial charge >= 0.3 is 0 Å². The van der Waals surface area contributed by atoms with Crippen molar-refractivity contribution in [1.82, 2.24) is 26.6 Å². The van der Waals surface area contributed by atoms with Crippen molar-refractivity contribution in [2.24, 2.45) is 0 Å². The molecule has 1 aromatic heterocycles. The molecule has 2 aliphatic rings. The van der Waals surface area contributed by atoms with Gasteiger partial charge in [0.1, 0.15) is 26.3 Å². The molecule has 5 amide bonds. The third-order valence-electron chi connectivity index (χ3n) is 12.9. The second-order valence-electron chi connectivity index (χ2n) is 19.4. The molecule has 1 aliphatic carbocycles. The molecule has 432 valence electrons. The highest BCUT2D eigenvalue weighted by Gasteiger charge is 2.26. The molecule has 0 spiro atoms. The van der Waals surface area contributed by atoms with E-state index < -0.39 is 34.3 Å². The van der Waals surface area contributed by atoms with Crippen molar-refractivity contribution in [3.8, 4) is 5.75 Å². The maximum Gasteiger partial charge on any atom is 0.264 e. The van der Waals surface area contributed by atoms with Gasteiger partial charge in [0, 0.05) is 75.0 Å². The minimum Gasteiger partial charge on any atom is -0.484 e. The Kier molecular flexibility index (Phi) is 22.9. The highest BCUT2D eigenvalue weighted by atomic mass is 32.2. The van der Waals surface area contributed by atoms with Gasteiger partial charge in [0.05, 0.1) is 61.4 Å². The predicted octanol–water partition coefficient (Wildman–Crippen LogP) is 4.80. The van der Waals surface area contributed by atoms with E-state index in [0.717, 1.165) is 65.8 Å². The minimum atomic E-state index is -4.09. The van der Waals surface area contributed by atoms with E-state index >= 15 is 0 Å². The minimum absolute atomic E-state index is 0.0524. The van der Waals surface area contributed by atoms with E-state index in [1.54, 1.807) is 11.8 Å². The molecule has 0 fully saturated rings. The van der Waals surface area contributed by atoms with Gasteiger partial charge < -0.3 is 50.6 Å². The van der Waals surface area contributed by atoms with Crippen LogP contribution in [0.15, 0.2) is 149 Å². The maximum absolute atomic E-state index is 12.8. The zero-order valence-electron chi connectivity index (χ0n) is 46.5. The average Bonchev–Trinajstić information content (AvgIpc) is 4.00. The second-order valence-corrected chi connectivity index (χ2v) is 22.0. The third-order valence-corrected chi connectivity index (χ3v) is 14.9. The molecule has 5 aromatic rings. The van der Waals surface area contributed by atoms with Crippen molar-refractivity contribution in [3.05, 3.63) is 161 Å². The fourth-order valence-electron chi connectivity index (χ4n) is 8.69. The second kappa shape index (κ2) is 30.6. The van der Waals surface area contributed by atoms with Gasteiger partial charge in [0.2, 0.25) is 35.8 Å².